The molecule has 0 aromatic carbocycles. The lowest BCUT2D eigenvalue weighted by Gasteiger charge is -2.12. The molecule has 1 unspecified atom stereocenters. The van der Waals surface area contributed by atoms with Gasteiger partial charge in [0.05, 0.1) is 5.69 Å². The topological polar surface area (TPSA) is 61.0 Å². The maximum Gasteiger partial charge on any atom is 0.141 e. The lowest BCUT2D eigenvalue weighted by molar-refractivity contribution is 0.300. The predicted molar refractivity (Wildman–Crippen MR) is 72.8 cm³/mol. The van der Waals surface area contributed by atoms with E-state index >= 15 is 0 Å². The van der Waals surface area contributed by atoms with Gasteiger partial charge in [0.15, 0.2) is 0 Å². The van der Waals surface area contributed by atoms with Crippen LogP contribution in [-0.4, -0.2) is 16.0 Å². The normalized spacial score (nSPS) is 12.4. The number of nitrogens with two attached hydrogens (primary N) is 1. The highest BCUT2D eigenvalue weighted by Crippen LogP contribution is 2.20. The Morgan fingerprint density at radius 3 is 2.94 bits per heavy atom. The third kappa shape index (κ3) is 3.51. The van der Waals surface area contributed by atoms with Crippen molar-refractivity contribution < 1.29 is 4.74 Å². The van der Waals surface area contributed by atoms with Crippen molar-refractivity contribution in [3.8, 4) is 5.75 Å². The molecule has 0 radical (unpaired) electrons. The minimum Gasteiger partial charge on any atom is -0.485 e. The largest absolute Gasteiger partial charge is 0.485 e. The number of aromatic nitrogens is 2. The van der Waals surface area contributed by atoms with E-state index in [1.807, 2.05) is 31.4 Å². The van der Waals surface area contributed by atoms with Crippen molar-refractivity contribution in [1.82, 2.24) is 9.97 Å². The van der Waals surface area contributed by atoms with E-state index in [0.29, 0.717) is 6.61 Å². The van der Waals surface area contributed by atoms with E-state index in [2.05, 4.69) is 9.97 Å². The first-order valence-corrected chi connectivity index (χ1v) is 6.76. The molecular formula is C13H17N3OS. The SMILES string of the molecule is Cc1ccc(OCc2nccs2)c(CC(C)N)n1. The molecular weight excluding hydrogens is 246 g/mol. The van der Waals surface area contributed by atoms with Gasteiger partial charge in [0, 0.05) is 29.7 Å². The van der Waals surface area contributed by atoms with Crippen molar-refractivity contribution in [2.45, 2.75) is 32.9 Å². The molecule has 1 atom stereocenters. The molecule has 2 N–H and O–H groups in total. The fraction of sp³-hybridized carbons (Fsp3) is 0.385. The number of thiazole rings is 1. The molecule has 2 rings (SSSR count). The van der Waals surface area contributed by atoms with Gasteiger partial charge in [-0.1, -0.05) is 0 Å². The van der Waals surface area contributed by atoms with Crippen LogP contribution < -0.4 is 10.5 Å². The van der Waals surface area contributed by atoms with Gasteiger partial charge in [0.2, 0.25) is 0 Å². The maximum absolute atomic E-state index is 5.83. The van der Waals surface area contributed by atoms with E-state index in [1.165, 1.54) is 0 Å². The minimum absolute atomic E-state index is 0.0708. The molecule has 0 aliphatic rings. The monoisotopic (exact) mass is 263 g/mol. The smallest absolute Gasteiger partial charge is 0.141 e. The molecule has 2 heterocycles. The summed E-state index contributed by atoms with van der Waals surface area (Å²) in [7, 11) is 0. The molecule has 0 bridgehead atoms. The number of nitrogens with zero attached hydrogens (tertiary/aromatic N) is 2. The molecule has 18 heavy (non-hydrogen) atoms. The molecule has 5 heteroatoms. The van der Waals surface area contributed by atoms with Gasteiger partial charge >= 0.3 is 0 Å². The molecule has 2 aromatic rings. The highest BCUT2D eigenvalue weighted by Gasteiger charge is 2.09. The molecule has 0 fully saturated rings. The summed E-state index contributed by atoms with van der Waals surface area (Å²) in [6.45, 7) is 4.41. The van der Waals surface area contributed by atoms with Crippen LogP contribution in [0.15, 0.2) is 23.7 Å². The van der Waals surface area contributed by atoms with Crippen LogP contribution >= 0.6 is 11.3 Å². The Balaban J connectivity index is 2.10. The minimum atomic E-state index is 0.0708. The number of pyridine rings is 1. The van der Waals surface area contributed by atoms with Gasteiger partial charge in [-0.3, -0.25) is 4.98 Å². The number of aryl methyl sites for hydroxylation is 1. The number of hydrogen-bond acceptors (Lipinski definition) is 5. The van der Waals surface area contributed by atoms with E-state index < -0.39 is 0 Å². The summed E-state index contributed by atoms with van der Waals surface area (Å²) in [5.74, 6) is 0.799. The fourth-order valence-corrected chi connectivity index (χ4v) is 2.17. The first-order valence-electron chi connectivity index (χ1n) is 5.88. The number of rotatable bonds is 5. The molecule has 0 amide bonds. The summed E-state index contributed by atoms with van der Waals surface area (Å²) >= 11 is 1.58. The Bertz CT molecular complexity index is 497. The van der Waals surface area contributed by atoms with E-state index in [9.17, 15) is 0 Å². The van der Waals surface area contributed by atoms with Crippen molar-refractivity contribution in [2.75, 3.05) is 0 Å². The van der Waals surface area contributed by atoms with E-state index in [1.54, 1.807) is 17.5 Å². The van der Waals surface area contributed by atoms with Crippen molar-refractivity contribution >= 4 is 11.3 Å². The quantitative estimate of drug-likeness (QED) is 0.899. The Morgan fingerprint density at radius 1 is 1.44 bits per heavy atom. The lowest BCUT2D eigenvalue weighted by atomic mass is 10.1. The van der Waals surface area contributed by atoms with Gasteiger partial charge in [-0.25, -0.2) is 4.98 Å². The Labute approximate surface area is 111 Å². The van der Waals surface area contributed by atoms with Gasteiger partial charge in [0.1, 0.15) is 17.4 Å². The van der Waals surface area contributed by atoms with Crippen LogP contribution in [0.2, 0.25) is 0 Å². The van der Waals surface area contributed by atoms with E-state index in [-0.39, 0.29) is 6.04 Å². The molecule has 0 saturated carbocycles. The molecule has 4 nitrogen and oxygen atoms in total. The summed E-state index contributed by atoms with van der Waals surface area (Å²) in [5, 5.41) is 2.90. The molecule has 0 spiro atoms. The summed E-state index contributed by atoms with van der Waals surface area (Å²) < 4.78 is 5.77. The average Bonchev–Trinajstić information content (AvgIpc) is 2.80. The van der Waals surface area contributed by atoms with Crippen molar-refractivity contribution in [3.63, 3.8) is 0 Å². The molecule has 96 valence electrons. The Morgan fingerprint density at radius 2 is 2.28 bits per heavy atom. The second kappa shape index (κ2) is 5.93. The van der Waals surface area contributed by atoms with Gasteiger partial charge in [-0.05, 0) is 26.0 Å². The van der Waals surface area contributed by atoms with Crippen LogP contribution in [0.4, 0.5) is 0 Å². The predicted octanol–water partition coefficient (Wildman–Crippen LogP) is 2.32. The highest BCUT2D eigenvalue weighted by molar-refractivity contribution is 7.09. The van der Waals surface area contributed by atoms with E-state index in [4.69, 9.17) is 10.5 Å². The van der Waals surface area contributed by atoms with Gasteiger partial charge < -0.3 is 10.5 Å². The maximum atomic E-state index is 5.83. The van der Waals surface area contributed by atoms with Crippen LogP contribution in [0.3, 0.4) is 0 Å². The lowest BCUT2D eigenvalue weighted by Crippen LogP contribution is -2.19. The zero-order valence-corrected chi connectivity index (χ0v) is 11.4. The Hall–Kier alpha value is -1.46. The van der Waals surface area contributed by atoms with Gasteiger partial charge in [0.25, 0.3) is 0 Å². The van der Waals surface area contributed by atoms with Crippen LogP contribution in [0.25, 0.3) is 0 Å². The molecule has 2 aromatic heterocycles. The number of ether oxygens (including phenoxy) is 1. The summed E-state index contributed by atoms with van der Waals surface area (Å²) in [6, 6.07) is 3.97. The fourth-order valence-electron chi connectivity index (χ4n) is 1.64. The second-order valence-electron chi connectivity index (χ2n) is 4.29. The first kappa shape index (κ1) is 13.0. The average molecular weight is 263 g/mol. The van der Waals surface area contributed by atoms with Crippen LogP contribution in [0, 0.1) is 6.92 Å². The molecule has 0 aliphatic carbocycles. The van der Waals surface area contributed by atoms with Crippen LogP contribution in [0.1, 0.15) is 23.3 Å². The Kier molecular flexibility index (Phi) is 4.28. The van der Waals surface area contributed by atoms with Crippen molar-refractivity contribution in [3.05, 3.63) is 40.1 Å². The van der Waals surface area contributed by atoms with Gasteiger partial charge in [-0.15, -0.1) is 11.3 Å². The van der Waals surface area contributed by atoms with Crippen molar-refractivity contribution in [2.24, 2.45) is 5.73 Å². The first-order chi connectivity index (χ1) is 8.65. The number of hydrogen-bond donors (Lipinski definition) is 1. The third-order valence-corrected chi connectivity index (χ3v) is 3.17. The standard InChI is InChI=1S/C13H17N3OS/c1-9(14)7-11-12(4-3-10(2)16-11)17-8-13-15-5-6-18-13/h3-6,9H,7-8,14H2,1-2H3. The van der Waals surface area contributed by atoms with Crippen LogP contribution in [0.5, 0.6) is 5.75 Å². The summed E-state index contributed by atoms with van der Waals surface area (Å²) in [6.07, 6.45) is 2.49. The summed E-state index contributed by atoms with van der Waals surface area (Å²) in [4.78, 5) is 8.68. The van der Waals surface area contributed by atoms with Gasteiger partial charge in [-0.2, -0.15) is 0 Å². The third-order valence-electron chi connectivity index (χ3n) is 2.42. The van der Waals surface area contributed by atoms with E-state index in [0.717, 1.165) is 28.6 Å². The zero-order valence-electron chi connectivity index (χ0n) is 10.6. The summed E-state index contributed by atoms with van der Waals surface area (Å²) in [5.41, 5.74) is 7.73. The highest BCUT2D eigenvalue weighted by atomic mass is 32.1. The second-order valence-corrected chi connectivity index (χ2v) is 5.27. The molecule has 0 aliphatic heterocycles. The van der Waals surface area contributed by atoms with Crippen molar-refractivity contribution in [1.29, 1.82) is 0 Å². The zero-order chi connectivity index (χ0) is 13.0. The molecule has 0 saturated heterocycles. The van der Waals surface area contributed by atoms with Crippen LogP contribution in [-0.2, 0) is 13.0 Å².